The van der Waals surface area contributed by atoms with E-state index in [-0.39, 0.29) is 5.41 Å². The van der Waals surface area contributed by atoms with Crippen molar-refractivity contribution in [2.45, 2.75) is 49.9 Å². The summed E-state index contributed by atoms with van der Waals surface area (Å²) < 4.78 is 46.0. The zero-order valence-corrected chi connectivity index (χ0v) is 20.1. The fraction of sp³-hybridized carbons (Fsp3) is 0.542. The van der Waals surface area contributed by atoms with Gasteiger partial charge in [-0.3, -0.25) is 0 Å². The standard InChI is InChI=1S/C24H28F3N5OS/c1-16-20(33-15-28-16)21-29-30-22(31(21)2)34-12-4-11-32-10-3-9-23(14-32)13-19(23)17-5-7-18(8-6-17)24(25,26)27/h5-8,15,19H,3-4,9-14H2,1-2H3. The molecule has 10 heteroatoms. The monoisotopic (exact) mass is 491 g/mol. The Morgan fingerprint density at radius 2 is 2.00 bits per heavy atom. The number of piperidine rings is 1. The van der Waals surface area contributed by atoms with E-state index in [1.165, 1.54) is 18.5 Å². The Hall–Kier alpha value is -2.33. The van der Waals surface area contributed by atoms with E-state index >= 15 is 0 Å². The highest BCUT2D eigenvalue weighted by Crippen LogP contribution is 2.63. The minimum Gasteiger partial charge on any atom is -0.440 e. The fourth-order valence-electron chi connectivity index (χ4n) is 5.23. The summed E-state index contributed by atoms with van der Waals surface area (Å²) in [7, 11) is 1.93. The maximum absolute atomic E-state index is 12.9. The Labute approximate surface area is 200 Å². The first-order chi connectivity index (χ1) is 16.3. The molecule has 1 aliphatic carbocycles. The van der Waals surface area contributed by atoms with E-state index in [9.17, 15) is 13.2 Å². The minimum atomic E-state index is -4.28. The molecule has 3 heterocycles. The van der Waals surface area contributed by atoms with Gasteiger partial charge in [0.05, 0.1) is 11.3 Å². The molecule has 1 aliphatic heterocycles. The summed E-state index contributed by atoms with van der Waals surface area (Å²) >= 11 is 1.68. The third-order valence-corrected chi connectivity index (χ3v) is 8.26. The molecule has 0 N–H and O–H groups in total. The molecule has 0 amide bonds. The third-order valence-electron chi connectivity index (χ3n) is 7.15. The number of oxazole rings is 1. The second-order valence-electron chi connectivity index (χ2n) is 9.45. The number of aromatic nitrogens is 4. The van der Waals surface area contributed by atoms with Crippen molar-refractivity contribution in [3.8, 4) is 11.6 Å². The number of halogens is 3. The van der Waals surface area contributed by atoms with E-state index in [4.69, 9.17) is 4.42 Å². The third kappa shape index (κ3) is 4.62. The Morgan fingerprint density at radius 1 is 1.21 bits per heavy atom. The lowest BCUT2D eigenvalue weighted by molar-refractivity contribution is -0.137. The van der Waals surface area contributed by atoms with Crippen LogP contribution in [0, 0.1) is 12.3 Å². The zero-order valence-electron chi connectivity index (χ0n) is 19.3. The van der Waals surface area contributed by atoms with Crippen molar-refractivity contribution < 1.29 is 17.6 Å². The number of hydrogen-bond acceptors (Lipinski definition) is 6. The summed E-state index contributed by atoms with van der Waals surface area (Å²) in [4.78, 5) is 6.64. The summed E-state index contributed by atoms with van der Waals surface area (Å²) in [5.41, 5.74) is 1.50. The van der Waals surface area contributed by atoms with Crippen LogP contribution in [0.25, 0.3) is 11.6 Å². The van der Waals surface area contributed by atoms with Crippen molar-refractivity contribution in [1.82, 2.24) is 24.6 Å². The predicted molar refractivity (Wildman–Crippen MR) is 123 cm³/mol. The van der Waals surface area contributed by atoms with Gasteiger partial charge in [0.25, 0.3) is 0 Å². The number of thioether (sulfide) groups is 1. The second kappa shape index (κ2) is 9.03. The molecule has 1 aromatic carbocycles. The molecule has 2 atom stereocenters. The topological polar surface area (TPSA) is 60.0 Å². The number of rotatable bonds is 7. The molecule has 182 valence electrons. The molecule has 0 bridgehead atoms. The SMILES string of the molecule is Cc1ncoc1-c1nnc(SCCCN2CCCC3(CC3c3ccc(C(F)(F)F)cc3)C2)n1C. The number of alkyl halides is 3. The van der Waals surface area contributed by atoms with Gasteiger partial charge in [-0.2, -0.15) is 13.2 Å². The van der Waals surface area contributed by atoms with Crippen LogP contribution in [0.2, 0.25) is 0 Å². The molecule has 2 unspecified atom stereocenters. The maximum atomic E-state index is 12.9. The first-order valence-electron chi connectivity index (χ1n) is 11.6. The molecule has 6 nitrogen and oxygen atoms in total. The van der Waals surface area contributed by atoms with Crippen molar-refractivity contribution >= 4 is 11.8 Å². The lowest BCUT2D eigenvalue weighted by atomic mass is 9.89. The van der Waals surface area contributed by atoms with Gasteiger partial charge < -0.3 is 13.9 Å². The molecule has 1 saturated heterocycles. The van der Waals surface area contributed by atoms with E-state index in [1.54, 1.807) is 23.9 Å². The molecule has 2 aromatic heterocycles. The van der Waals surface area contributed by atoms with Crippen LogP contribution in [0.4, 0.5) is 13.2 Å². The summed E-state index contributed by atoms with van der Waals surface area (Å²) in [6.07, 6.45) is 1.56. The van der Waals surface area contributed by atoms with E-state index in [2.05, 4.69) is 20.1 Å². The molecule has 0 radical (unpaired) electrons. The van der Waals surface area contributed by atoms with E-state index in [1.807, 2.05) is 18.5 Å². The van der Waals surface area contributed by atoms with Crippen molar-refractivity contribution in [2.75, 3.05) is 25.4 Å². The van der Waals surface area contributed by atoms with Crippen LogP contribution in [-0.2, 0) is 13.2 Å². The smallest absolute Gasteiger partial charge is 0.416 e. The van der Waals surface area contributed by atoms with E-state index in [0.717, 1.165) is 67.5 Å². The molecule has 5 rings (SSSR count). The molecular weight excluding hydrogens is 463 g/mol. The fourth-order valence-corrected chi connectivity index (χ4v) is 6.06. The molecular formula is C24H28F3N5OS. The summed E-state index contributed by atoms with van der Waals surface area (Å²) in [6.45, 7) is 5.02. The summed E-state index contributed by atoms with van der Waals surface area (Å²) in [6, 6.07) is 5.79. The van der Waals surface area contributed by atoms with Crippen LogP contribution in [0.3, 0.4) is 0 Å². The van der Waals surface area contributed by atoms with Gasteiger partial charge in [-0.15, -0.1) is 10.2 Å². The minimum absolute atomic E-state index is 0.235. The van der Waals surface area contributed by atoms with Gasteiger partial charge in [0.1, 0.15) is 0 Å². The van der Waals surface area contributed by atoms with Gasteiger partial charge in [-0.05, 0) is 74.7 Å². The largest absolute Gasteiger partial charge is 0.440 e. The molecule has 2 fully saturated rings. The van der Waals surface area contributed by atoms with Crippen LogP contribution in [-0.4, -0.2) is 50.0 Å². The Bertz CT molecular complexity index is 1140. The first kappa shape index (κ1) is 23.4. The van der Waals surface area contributed by atoms with E-state index < -0.39 is 11.7 Å². The Kier molecular flexibility index (Phi) is 6.22. The highest BCUT2D eigenvalue weighted by molar-refractivity contribution is 7.99. The predicted octanol–water partition coefficient (Wildman–Crippen LogP) is 5.55. The Morgan fingerprint density at radius 3 is 2.71 bits per heavy atom. The second-order valence-corrected chi connectivity index (χ2v) is 10.5. The van der Waals surface area contributed by atoms with Gasteiger partial charge in [-0.25, -0.2) is 4.98 Å². The summed E-state index contributed by atoms with van der Waals surface area (Å²) in [5.74, 6) is 2.64. The molecule has 34 heavy (non-hydrogen) atoms. The van der Waals surface area contributed by atoms with Crippen molar-refractivity contribution in [3.05, 3.63) is 47.5 Å². The number of benzene rings is 1. The first-order valence-corrected chi connectivity index (χ1v) is 12.6. The summed E-state index contributed by atoms with van der Waals surface area (Å²) in [5, 5.41) is 9.41. The molecule has 2 aliphatic rings. The van der Waals surface area contributed by atoms with Gasteiger partial charge in [-0.1, -0.05) is 23.9 Å². The van der Waals surface area contributed by atoms with Gasteiger partial charge in [0, 0.05) is 19.3 Å². The van der Waals surface area contributed by atoms with Crippen molar-refractivity contribution in [2.24, 2.45) is 12.5 Å². The number of likely N-dealkylation sites (tertiary alicyclic amines) is 1. The zero-order chi connectivity index (χ0) is 23.9. The normalized spacial score (nSPS) is 23.0. The van der Waals surface area contributed by atoms with Crippen molar-refractivity contribution in [3.63, 3.8) is 0 Å². The molecule has 1 saturated carbocycles. The highest BCUT2D eigenvalue weighted by Gasteiger charge is 2.55. The van der Waals surface area contributed by atoms with Gasteiger partial charge in [0.15, 0.2) is 17.3 Å². The number of hydrogen-bond donors (Lipinski definition) is 0. The Balaban J connectivity index is 1.11. The molecule has 1 spiro atoms. The lowest BCUT2D eigenvalue weighted by Crippen LogP contribution is -2.38. The lowest BCUT2D eigenvalue weighted by Gasteiger charge is -2.34. The van der Waals surface area contributed by atoms with Crippen LogP contribution in [0.15, 0.2) is 40.2 Å². The average Bonchev–Trinajstić information content (AvgIpc) is 3.10. The average molecular weight is 492 g/mol. The highest BCUT2D eigenvalue weighted by atomic mass is 32.2. The van der Waals surface area contributed by atoms with Crippen LogP contribution in [0.5, 0.6) is 0 Å². The van der Waals surface area contributed by atoms with Crippen LogP contribution < -0.4 is 0 Å². The number of aryl methyl sites for hydroxylation is 1. The van der Waals surface area contributed by atoms with Gasteiger partial charge >= 0.3 is 6.18 Å². The maximum Gasteiger partial charge on any atom is 0.416 e. The van der Waals surface area contributed by atoms with E-state index in [0.29, 0.717) is 17.5 Å². The quantitative estimate of drug-likeness (QED) is 0.319. The van der Waals surface area contributed by atoms with Gasteiger partial charge in [0.2, 0.25) is 5.82 Å². The van der Waals surface area contributed by atoms with Crippen molar-refractivity contribution in [1.29, 1.82) is 0 Å². The van der Waals surface area contributed by atoms with Crippen LogP contribution >= 0.6 is 11.8 Å². The number of nitrogens with zero attached hydrogens (tertiary/aromatic N) is 5. The van der Waals surface area contributed by atoms with Crippen LogP contribution in [0.1, 0.15) is 48.4 Å². The molecule has 3 aromatic rings.